The molecule has 33 heavy (non-hydrogen) atoms. The molecule has 174 valence electrons. The molecular formula is C26H36N6O+2. The summed E-state index contributed by atoms with van der Waals surface area (Å²) in [6.07, 6.45) is 5.64. The van der Waals surface area contributed by atoms with E-state index in [1.165, 1.54) is 49.9 Å². The maximum absolute atomic E-state index is 5.31. The highest BCUT2D eigenvalue weighted by Crippen LogP contribution is 2.20. The van der Waals surface area contributed by atoms with E-state index in [1.54, 1.807) is 12.0 Å². The first-order valence-corrected chi connectivity index (χ1v) is 12.4. The maximum Gasteiger partial charge on any atom is 0.214 e. The fourth-order valence-electron chi connectivity index (χ4n) is 5.68. The summed E-state index contributed by atoms with van der Waals surface area (Å²) < 4.78 is 7.29. The van der Waals surface area contributed by atoms with E-state index in [9.17, 15) is 0 Å². The summed E-state index contributed by atoms with van der Waals surface area (Å²) in [5.74, 6) is 1.81. The molecule has 2 heterocycles. The van der Waals surface area contributed by atoms with Crippen molar-refractivity contribution in [1.29, 1.82) is 0 Å². The van der Waals surface area contributed by atoms with Gasteiger partial charge in [0, 0.05) is 5.56 Å². The van der Waals surface area contributed by atoms with E-state index in [0.717, 1.165) is 36.3 Å². The van der Waals surface area contributed by atoms with Crippen molar-refractivity contribution in [3.05, 3.63) is 71.0 Å². The molecule has 2 N–H and O–H groups in total. The van der Waals surface area contributed by atoms with Gasteiger partial charge < -0.3 is 14.5 Å². The standard InChI is InChI=1S/C26H34N6O/c1-20-7-11-22(12-8-20)25(31-17-15-30(16-18-31)23-5-3-4-6-23)26-27-28-29-32(26)19-21-9-13-24(33-2)14-10-21/h7-14,23,25H,3-6,15-19H2,1-2H3/p+2/t25-/m0/s1. The van der Waals surface area contributed by atoms with Crippen LogP contribution in [0.2, 0.25) is 0 Å². The highest BCUT2D eigenvalue weighted by molar-refractivity contribution is 5.28. The molecule has 0 amide bonds. The summed E-state index contributed by atoms with van der Waals surface area (Å²) in [5.41, 5.74) is 3.74. The lowest BCUT2D eigenvalue weighted by Crippen LogP contribution is -3.29. The zero-order valence-electron chi connectivity index (χ0n) is 19.8. The Bertz CT molecular complexity index is 1020. The Morgan fingerprint density at radius 2 is 1.67 bits per heavy atom. The molecule has 3 aromatic rings. The second-order valence-corrected chi connectivity index (χ2v) is 9.68. The lowest BCUT2D eigenvalue weighted by Gasteiger charge is -2.36. The lowest BCUT2D eigenvalue weighted by atomic mass is 10.0. The van der Waals surface area contributed by atoms with E-state index in [-0.39, 0.29) is 6.04 Å². The Labute approximate surface area is 196 Å². The summed E-state index contributed by atoms with van der Waals surface area (Å²) in [6.45, 7) is 7.58. The highest BCUT2D eigenvalue weighted by atomic mass is 16.5. The number of hydrogen-bond acceptors (Lipinski definition) is 4. The summed E-state index contributed by atoms with van der Waals surface area (Å²) in [7, 11) is 1.69. The van der Waals surface area contributed by atoms with Gasteiger partial charge in [-0.15, -0.1) is 5.10 Å². The Balaban J connectivity index is 1.39. The number of benzene rings is 2. The number of rotatable bonds is 7. The Morgan fingerprint density at radius 3 is 2.33 bits per heavy atom. The minimum absolute atomic E-state index is 0.143. The Morgan fingerprint density at radius 1 is 0.970 bits per heavy atom. The normalized spacial score (nSPS) is 22.4. The first-order valence-electron chi connectivity index (χ1n) is 12.4. The van der Waals surface area contributed by atoms with E-state index in [0.29, 0.717) is 6.54 Å². The third kappa shape index (κ3) is 4.94. The van der Waals surface area contributed by atoms with Gasteiger partial charge in [-0.25, -0.2) is 4.68 Å². The van der Waals surface area contributed by atoms with Crippen molar-refractivity contribution in [3.63, 3.8) is 0 Å². The predicted molar refractivity (Wildman–Crippen MR) is 127 cm³/mol. The van der Waals surface area contributed by atoms with Crippen molar-refractivity contribution in [1.82, 2.24) is 20.2 Å². The summed E-state index contributed by atoms with van der Waals surface area (Å²) in [4.78, 5) is 3.39. The molecule has 1 saturated heterocycles. The molecule has 0 unspecified atom stereocenters. The molecule has 1 saturated carbocycles. The Hall–Kier alpha value is -2.77. The molecule has 0 radical (unpaired) electrons. The van der Waals surface area contributed by atoms with Crippen LogP contribution in [0, 0.1) is 6.92 Å². The van der Waals surface area contributed by atoms with Gasteiger partial charge in [0.25, 0.3) is 0 Å². The van der Waals surface area contributed by atoms with Crippen molar-refractivity contribution in [3.8, 4) is 5.75 Å². The number of methoxy groups -OCH3 is 1. The van der Waals surface area contributed by atoms with Crippen LogP contribution < -0.4 is 14.5 Å². The molecule has 2 aromatic carbocycles. The fraction of sp³-hybridized carbons (Fsp3) is 0.500. The molecular weight excluding hydrogens is 412 g/mol. The van der Waals surface area contributed by atoms with Crippen molar-refractivity contribution >= 4 is 0 Å². The van der Waals surface area contributed by atoms with Gasteiger partial charge in [-0.3, -0.25) is 0 Å². The zero-order chi connectivity index (χ0) is 22.6. The largest absolute Gasteiger partial charge is 0.497 e. The van der Waals surface area contributed by atoms with Gasteiger partial charge in [-0.05, 0) is 60.7 Å². The molecule has 7 heteroatoms. The summed E-state index contributed by atoms with van der Waals surface area (Å²) in [6, 6.07) is 18.1. The number of hydrogen-bond donors (Lipinski definition) is 2. The van der Waals surface area contributed by atoms with Gasteiger partial charge in [-0.1, -0.05) is 42.0 Å². The molecule has 2 aliphatic rings. The van der Waals surface area contributed by atoms with Crippen LogP contribution in [-0.2, 0) is 6.54 Å². The van der Waals surface area contributed by atoms with Gasteiger partial charge in [0.05, 0.1) is 19.7 Å². The van der Waals surface area contributed by atoms with Gasteiger partial charge in [0.1, 0.15) is 31.9 Å². The third-order valence-electron chi connectivity index (χ3n) is 7.60. The van der Waals surface area contributed by atoms with Crippen LogP contribution >= 0.6 is 0 Å². The highest BCUT2D eigenvalue weighted by Gasteiger charge is 2.38. The van der Waals surface area contributed by atoms with Crippen molar-refractivity contribution in [2.24, 2.45) is 0 Å². The van der Waals surface area contributed by atoms with E-state index >= 15 is 0 Å². The van der Waals surface area contributed by atoms with Crippen molar-refractivity contribution in [2.45, 2.75) is 51.2 Å². The lowest BCUT2D eigenvalue weighted by molar-refractivity contribution is -1.03. The minimum atomic E-state index is 0.143. The van der Waals surface area contributed by atoms with Crippen LogP contribution in [0.25, 0.3) is 0 Å². The van der Waals surface area contributed by atoms with Crippen LogP contribution in [0.3, 0.4) is 0 Å². The number of nitrogens with one attached hydrogen (secondary N) is 2. The number of nitrogens with zero attached hydrogens (tertiary/aromatic N) is 4. The molecule has 7 nitrogen and oxygen atoms in total. The second-order valence-electron chi connectivity index (χ2n) is 9.68. The average molecular weight is 449 g/mol. The van der Waals surface area contributed by atoms with Crippen LogP contribution in [0.1, 0.15) is 54.2 Å². The summed E-state index contributed by atoms with van der Waals surface area (Å²) >= 11 is 0. The molecule has 1 aliphatic heterocycles. The van der Waals surface area contributed by atoms with E-state index in [1.807, 2.05) is 21.7 Å². The number of aromatic nitrogens is 4. The second kappa shape index (κ2) is 10.0. The first kappa shape index (κ1) is 22.0. The quantitative estimate of drug-likeness (QED) is 0.563. The van der Waals surface area contributed by atoms with Crippen molar-refractivity contribution < 1.29 is 14.5 Å². The monoisotopic (exact) mass is 448 g/mol. The number of quaternary nitrogens is 2. The fourth-order valence-corrected chi connectivity index (χ4v) is 5.68. The smallest absolute Gasteiger partial charge is 0.214 e. The van der Waals surface area contributed by atoms with E-state index < -0.39 is 0 Å². The topological polar surface area (TPSA) is 61.7 Å². The zero-order valence-corrected chi connectivity index (χ0v) is 19.8. The number of aryl methyl sites for hydroxylation is 1. The third-order valence-corrected chi connectivity index (χ3v) is 7.60. The molecule has 1 aromatic heterocycles. The maximum atomic E-state index is 5.31. The van der Waals surface area contributed by atoms with Gasteiger partial charge in [0.15, 0.2) is 6.04 Å². The average Bonchev–Trinajstić information content (AvgIpc) is 3.55. The number of ether oxygens (including phenoxy) is 1. The van der Waals surface area contributed by atoms with Crippen LogP contribution in [0.4, 0.5) is 0 Å². The van der Waals surface area contributed by atoms with Gasteiger partial charge in [-0.2, -0.15) is 0 Å². The molecule has 1 atom stereocenters. The molecule has 5 rings (SSSR count). The van der Waals surface area contributed by atoms with E-state index in [4.69, 9.17) is 4.74 Å². The van der Waals surface area contributed by atoms with Crippen LogP contribution in [0.5, 0.6) is 5.75 Å². The van der Waals surface area contributed by atoms with E-state index in [2.05, 4.69) is 58.8 Å². The Kier molecular flexibility index (Phi) is 6.69. The molecule has 0 spiro atoms. The van der Waals surface area contributed by atoms with Crippen LogP contribution in [-0.4, -0.2) is 59.5 Å². The number of piperazine rings is 1. The van der Waals surface area contributed by atoms with Crippen LogP contribution in [0.15, 0.2) is 48.5 Å². The number of tetrazole rings is 1. The van der Waals surface area contributed by atoms with Crippen molar-refractivity contribution in [2.75, 3.05) is 33.3 Å². The van der Waals surface area contributed by atoms with Gasteiger partial charge in [0.2, 0.25) is 5.82 Å². The first-order chi connectivity index (χ1) is 16.2. The minimum Gasteiger partial charge on any atom is -0.497 e. The SMILES string of the molecule is COc1ccc(Cn2nnnc2[C@H](c2ccc(C)cc2)[NH+]2CC[NH+](C3CCCC3)CC2)cc1. The predicted octanol–water partition coefficient (Wildman–Crippen LogP) is 0.854. The summed E-state index contributed by atoms with van der Waals surface area (Å²) in [5, 5.41) is 13.1. The van der Waals surface area contributed by atoms with Gasteiger partial charge >= 0.3 is 0 Å². The molecule has 0 bridgehead atoms. The molecule has 2 fully saturated rings. The molecule has 1 aliphatic carbocycles.